The molecule has 2 atom stereocenters. The van der Waals surface area contributed by atoms with E-state index in [2.05, 4.69) is 34.6 Å². The molecule has 0 aromatic carbocycles. The van der Waals surface area contributed by atoms with E-state index in [0.717, 1.165) is 31.0 Å². The van der Waals surface area contributed by atoms with E-state index in [0.29, 0.717) is 5.41 Å². The van der Waals surface area contributed by atoms with Gasteiger partial charge in [-0.3, -0.25) is 0 Å². The van der Waals surface area contributed by atoms with Crippen molar-refractivity contribution in [1.29, 1.82) is 0 Å². The zero-order valence-corrected chi connectivity index (χ0v) is 12.2. The van der Waals surface area contributed by atoms with E-state index in [-0.39, 0.29) is 0 Å². The maximum Gasteiger partial charge on any atom is 0.0689 e. The van der Waals surface area contributed by atoms with E-state index >= 15 is 0 Å². The third-order valence-electron chi connectivity index (χ3n) is 4.71. The van der Waals surface area contributed by atoms with E-state index in [1.54, 1.807) is 11.1 Å². The van der Waals surface area contributed by atoms with Gasteiger partial charge in [0.1, 0.15) is 0 Å². The van der Waals surface area contributed by atoms with Gasteiger partial charge in [-0.1, -0.05) is 34.6 Å². The second kappa shape index (κ2) is 4.76. The molecule has 1 heteroatoms. The molecule has 1 aliphatic carbocycles. The molecule has 0 aromatic rings. The molecule has 2 rings (SSSR count). The summed E-state index contributed by atoms with van der Waals surface area (Å²) in [5.41, 5.74) is 3.54. The molecule has 0 spiro atoms. The lowest BCUT2D eigenvalue weighted by atomic mass is 9.80. The van der Waals surface area contributed by atoms with Gasteiger partial charge in [-0.2, -0.15) is 0 Å². The average molecular weight is 236 g/mol. The number of hydrogen-bond acceptors (Lipinski definition) is 1. The first kappa shape index (κ1) is 13.1. The van der Waals surface area contributed by atoms with Gasteiger partial charge in [0.25, 0.3) is 0 Å². The van der Waals surface area contributed by atoms with Crippen LogP contribution in [0.5, 0.6) is 0 Å². The second-order valence-corrected chi connectivity index (χ2v) is 7.26. The van der Waals surface area contributed by atoms with Crippen LogP contribution >= 0.6 is 0 Å². The Bertz CT molecular complexity index is 306. The number of hydrogen-bond donors (Lipinski definition) is 0. The maximum atomic E-state index is 5.73. The minimum Gasteiger partial charge on any atom is -0.373 e. The first-order valence-electron chi connectivity index (χ1n) is 7.19. The molecule has 1 fully saturated rings. The third-order valence-corrected chi connectivity index (χ3v) is 4.71. The van der Waals surface area contributed by atoms with Crippen LogP contribution in [0.25, 0.3) is 0 Å². The van der Waals surface area contributed by atoms with Crippen LogP contribution in [-0.4, -0.2) is 13.2 Å². The molecule has 0 bridgehead atoms. The fourth-order valence-corrected chi connectivity index (χ4v) is 3.44. The lowest BCUT2D eigenvalue weighted by molar-refractivity contribution is 0.191. The Hall–Kier alpha value is -0.300. The number of ether oxygens (including phenoxy) is 1. The van der Waals surface area contributed by atoms with Crippen molar-refractivity contribution in [3.05, 3.63) is 11.1 Å². The van der Waals surface area contributed by atoms with E-state index in [4.69, 9.17) is 4.74 Å². The van der Waals surface area contributed by atoms with E-state index in [1.165, 1.54) is 19.3 Å². The first-order chi connectivity index (χ1) is 7.89. The molecule has 1 heterocycles. The second-order valence-electron chi connectivity index (χ2n) is 7.26. The first-order valence-corrected chi connectivity index (χ1v) is 7.19. The average Bonchev–Trinajstić information content (AvgIpc) is 2.85. The van der Waals surface area contributed by atoms with E-state index in [9.17, 15) is 0 Å². The van der Waals surface area contributed by atoms with Gasteiger partial charge < -0.3 is 4.74 Å². The van der Waals surface area contributed by atoms with Gasteiger partial charge in [-0.25, -0.2) is 0 Å². The highest BCUT2D eigenvalue weighted by atomic mass is 16.5. The Morgan fingerprint density at radius 3 is 2.35 bits per heavy atom. The summed E-state index contributed by atoms with van der Waals surface area (Å²) in [5.74, 6) is 2.61. The van der Waals surface area contributed by atoms with Crippen molar-refractivity contribution in [1.82, 2.24) is 0 Å². The Morgan fingerprint density at radius 2 is 1.82 bits per heavy atom. The predicted octanol–water partition coefficient (Wildman–Crippen LogP) is 4.43. The molecule has 0 aromatic heterocycles. The molecule has 98 valence electrons. The SMILES string of the molecule is CC(C)C1CCC(C2=C(C(C)(C)C)COC2)C1. The normalized spacial score (nSPS) is 30.7. The Balaban J connectivity index is 2.12. The van der Waals surface area contributed by atoms with Gasteiger partial charge in [0.05, 0.1) is 13.2 Å². The monoisotopic (exact) mass is 236 g/mol. The minimum absolute atomic E-state index is 0.293. The summed E-state index contributed by atoms with van der Waals surface area (Å²) in [6, 6.07) is 0. The van der Waals surface area contributed by atoms with Crippen molar-refractivity contribution in [2.24, 2.45) is 23.2 Å². The van der Waals surface area contributed by atoms with Crippen LogP contribution in [0.2, 0.25) is 0 Å². The summed E-state index contributed by atoms with van der Waals surface area (Å²) in [6.45, 7) is 13.5. The van der Waals surface area contributed by atoms with Crippen LogP contribution in [0.15, 0.2) is 11.1 Å². The van der Waals surface area contributed by atoms with Crippen LogP contribution in [0.3, 0.4) is 0 Å². The zero-order chi connectivity index (χ0) is 12.6. The Morgan fingerprint density at radius 1 is 1.12 bits per heavy atom. The minimum atomic E-state index is 0.293. The third kappa shape index (κ3) is 2.76. The van der Waals surface area contributed by atoms with Gasteiger partial charge in [0.15, 0.2) is 0 Å². The van der Waals surface area contributed by atoms with Crippen molar-refractivity contribution in [2.75, 3.05) is 13.2 Å². The van der Waals surface area contributed by atoms with Crippen LogP contribution in [-0.2, 0) is 4.74 Å². The highest BCUT2D eigenvalue weighted by molar-refractivity contribution is 5.27. The van der Waals surface area contributed by atoms with Crippen LogP contribution in [0, 0.1) is 23.2 Å². The van der Waals surface area contributed by atoms with Crippen LogP contribution in [0.1, 0.15) is 53.9 Å². The fourth-order valence-electron chi connectivity index (χ4n) is 3.44. The fraction of sp³-hybridized carbons (Fsp3) is 0.875. The van der Waals surface area contributed by atoms with Crippen LogP contribution < -0.4 is 0 Å². The van der Waals surface area contributed by atoms with Gasteiger partial charge in [-0.15, -0.1) is 0 Å². The van der Waals surface area contributed by atoms with Gasteiger partial charge >= 0.3 is 0 Å². The highest BCUT2D eigenvalue weighted by Crippen LogP contribution is 2.44. The summed E-state index contributed by atoms with van der Waals surface area (Å²) in [5, 5.41) is 0. The van der Waals surface area contributed by atoms with Crippen molar-refractivity contribution >= 4 is 0 Å². The molecular formula is C16H28O. The largest absolute Gasteiger partial charge is 0.373 e. The quantitative estimate of drug-likeness (QED) is 0.644. The molecule has 1 aliphatic heterocycles. The summed E-state index contributed by atoms with van der Waals surface area (Å²) >= 11 is 0. The molecule has 1 saturated carbocycles. The van der Waals surface area contributed by atoms with E-state index < -0.39 is 0 Å². The summed E-state index contributed by atoms with van der Waals surface area (Å²) in [4.78, 5) is 0. The summed E-state index contributed by atoms with van der Waals surface area (Å²) in [7, 11) is 0. The van der Waals surface area contributed by atoms with Gasteiger partial charge in [0.2, 0.25) is 0 Å². The van der Waals surface area contributed by atoms with Crippen LogP contribution in [0.4, 0.5) is 0 Å². The standard InChI is InChI=1S/C16H28O/c1-11(2)12-6-7-13(8-12)14-9-17-10-15(14)16(3,4)5/h11-13H,6-10H2,1-5H3. The van der Waals surface area contributed by atoms with Crippen molar-refractivity contribution in [2.45, 2.75) is 53.9 Å². The molecule has 17 heavy (non-hydrogen) atoms. The van der Waals surface area contributed by atoms with Crippen molar-refractivity contribution < 1.29 is 4.74 Å². The number of rotatable bonds is 2. The molecular weight excluding hydrogens is 208 g/mol. The molecule has 0 saturated heterocycles. The molecule has 0 N–H and O–H groups in total. The lowest BCUT2D eigenvalue weighted by Crippen LogP contribution is -2.15. The van der Waals surface area contributed by atoms with Gasteiger partial charge in [0, 0.05) is 0 Å². The van der Waals surface area contributed by atoms with Crippen molar-refractivity contribution in [3.8, 4) is 0 Å². The molecule has 1 nitrogen and oxygen atoms in total. The summed E-state index contributed by atoms with van der Waals surface area (Å²) < 4.78 is 5.73. The van der Waals surface area contributed by atoms with Gasteiger partial charge in [-0.05, 0) is 53.6 Å². The Kier molecular flexibility index (Phi) is 3.68. The van der Waals surface area contributed by atoms with E-state index in [1.807, 2.05) is 0 Å². The predicted molar refractivity (Wildman–Crippen MR) is 73.0 cm³/mol. The smallest absolute Gasteiger partial charge is 0.0689 e. The molecule has 2 aliphatic rings. The highest BCUT2D eigenvalue weighted by Gasteiger charge is 2.34. The molecule has 2 unspecified atom stereocenters. The topological polar surface area (TPSA) is 9.23 Å². The Labute approximate surface area is 107 Å². The summed E-state index contributed by atoms with van der Waals surface area (Å²) in [6.07, 6.45) is 4.21. The zero-order valence-electron chi connectivity index (χ0n) is 12.2. The van der Waals surface area contributed by atoms with Crippen molar-refractivity contribution in [3.63, 3.8) is 0 Å². The maximum absolute atomic E-state index is 5.73. The lowest BCUT2D eigenvalue weighted by Gasteiger charge is -2.24. The molecule has 0 amide bonds. The molecule has 0 radical (unpaired) electrons.